The summed E-state index contributed by atoms with van der Waals surface area (Å²) in [6, 6.07) is 2.34. The summed E-state index contributed by atoms with van der Waals surface area (Å²) < 4.78 is 0. The van der Waals surface area contributed by atoms with E-state index in [-0.39, 0.29) is 12.0 Å². The van der Waals surface area contributed by atoms with Gasteiger partial charge in [-0.25, -0.2) is 0 Å². The van der Waals surface area contributed by atoms with Crippen molar-refractivity contribution in [3.05, 3.63) is 0 Å². The van der Waals surface area contributed by atoms with E-state index < -0.39 is 0 Å². The van der Waals surface area contributed by atoms with Crippen LogP contribution in [0.15, 0.2) is 0 Å². The molecule has 1 aliphatic rings. The molecular weight excluding hydrogens is 176 g/mol. The van der Waals surface area contributed by atoms with E-state index in [4.69, 9.17) is 5.26 Å². The van der Waals surface area contributed by atoms with Crippen molar-refractivity contribution in [2.75, 3.05) is 19.6 Å². The number of piperidine rings is 1. The minimum absolute atomic E-state index is 0.0975. The van der Waals surface area contributed by atoms with Gasteiger partial charge in [-0.15, -0.1) is 0 Å². The standard InChI is InChI=1S/C11H20N2O/c1-9(2)10(6-12)7-13-5-3-4-11(14)8-13/h9-11,14H,3-5,7-8H2,1-2H3/t10?,11-/m0/s1. The SMILES string of the molecule is CC(C)C(C#N)CN1CCC[C@H](O)C1. The molecule has 1 heterocycles. The third kappa shape index (κ3) is 3.28. The molecule has 0 aromatic carbocycles. The Kier molecular flexibility index (Phi) is 4.37. The summed E-state index contributed by atoms with van der Waals surface area (Å²) in [4.78, 5) is 2.21. The van der Waals surface area contributed by atoms with Crippen LogP contribution in [0, 0.1) is 23.2 Å². The van der Waals surface area contributed by atoms with Crippen molar-refractivity contribution in [2.24, 2.45) is 11.8 Å². The minimum atomic E-state index is -0.185. The largest absolute Gasteiger partial charge is 0.392 e. The number of nitriles is 1. The monoisotopic (exact) mass is 196 g/mol. The molecule has 1 fully saturated rings. The van der Waals surface area contributed by atoms with E-state index in [1.165, 1.54) is 0 Å². The van der Waals surface area contributed by atoms with E-state index in [2.05, 4.69) is 24.8 Å². The number of likely N-dealkylation sites (tertiary alicyclic amines) is 1. The Morgan fingerprint density at radius 3 is 2.79 bits per heavy atom. The average molecular weight is 196 g/mol. The molecule has 0 aromatic heterocycles. The van der Waals surface area contributed by atoms with Gasteiger partial charge >= 0.3 is 0 Å². The molecule has 0 aromatic rings. The summed E-state index contributed by atoms with van der Waals surface area (Å²) in [6.07, 6.45) is 1.78. The normalized spacial score (nSPS) is 26.1. The first kappa shape index (κ1) is 11.5. The molecule has 1 rings (SSSR count). The Morgan fingerprint density at radius 2 is 2.29 bits per heavy atom. The number of aliphatic hydroxyl groups is 1. The second kappa shape index (κ2) is 5.33. The maximum Gasteiger partial charge on any atom is 0.0672 e. The average Bonchev–Trinajstić information content (AvgIpc) is 2.14. The predicted octanol–water partition coefficient (Wildman–Crippen LogP) is 1.24. The third-order valence-corrected chi connectivity index (χ3v) is 2.91. The second-order valence-corrected chi connectivity index (χ2v) is 4.54. The molecule has 1 unspecified atom stereocenters. The van der Waals surface area contributed by atoms with E-state index in [0.717, 1.165) is 32.5 Å². The molecule has 0 aliphatic carbocycles. The maximum atomic E-state index is 9.48. The van der Waals surface area contributed by atoms with Crippen molar-refractivity contribution in [3.8, 4) is 6.07 Å². The number of nitrogens with zero attached hydrogens (tertiary/aromatic N) is 2. The van der Waals surface area contributed by atoms with Crippen LogP contribution >= 0.6 is 0 Å². The van der Waals surface area contributed by atoms with E-state index in [1.807, 2.05) is 0 Å². The van der Waals surface area contributed by atoms with Crippen molar-refractivity contribution in [3.63, 3.8) is 0 Å². The summed E-state index contributed by atoms with van der Waals surface area (Å²) in [6.45, 7) is 6.74. The van der Waals surface area contributed by atoms with Gasteiger partial charge in [0.15, 0.2) is 0 Å². The lowest BCUT2D eigenvalue weighted by atomic mass is 9.96. The molecule has 0 bridgehead atoms. The number of β-amino-alcohol motifs (C(OH)–C–C–N with tert-alkyl or cyclic N) is 1. The van der Waals surface area contributed by atoms with E-state index in [0.29, 0.717) is 5.92 Å². The Balaban J connectivity index is 2.38. The molecule has 0 spiro atoms. The first-order valence-electron chi connectivity index (χ1n) is 5.43. The fraction of sp³-hybridized carbons (Fsp3) is 0.909. The smallest absolute Gasteiger partial charge is 0.0672 e. The quantitative estimate of drug-likeness (QED) is 0.738. The van der Waals surface area contributed by atoms with Gasteiger partial charge in [0, 0.05) is 13.1 Å². The molecule has 80 valence electrons. The van der Waals surface area contributed by atoms with Crippen LogP contribution in [0.5, 0.6) is 0 Å². The van der Waals surface area contributed by atoms with Crippen LogP contribution in [0.2, 0.25) is 0 Å². The molecule has 3 heteroatoms. The van der Waals surface area contributed by atoms with Crippen molar-refractivity contribution in [1.29, 1.82) is 5.26 Å². The van der Waals surface area contributed by atoms with Gasteiger partial charge in [-0.1, -0.05) is 13.8 Å². The van der Waals surface area contributed by atoms with Crippen LogP contribution in [-0.4, -0.2) is 35.7 Å². The zero-order valence-electron chi connectivity index (χ0n) is 9.11. The van der Waals surface area contributed by atoms with Crippen molar-refractivity contribution < 1.29 is 5.11 Å². The van der Waals surface area contributed by atoms with Crippen molar-refractivity contribution >= 4 is 0 Å². The van der Waals surface area contributed by atoms with Gasteiger partial charge in [0.1, 0.15) is 0 Å². The topological polar surface area (TPSA) is 47.3 Å². The van der Waals surface area contributed by atoms with Crippen LogP contribution in [0.1, 0.15) is 26.7 Å². The zero-order chi connectivity index (χ0) is 10.6. The van der Waals surface area contributed by atoms with Crippen LogP contribution in [0.4, 0.5) is 0 Å². The van der Waals surface area contributed by atoms with E-state index >= 15 is 0 Å². The van der Waals surface area contributed by atoms with Gasteiger partial charge in [-0.2, -0.15) is 5.26 Å². The maximum absolute atomic E-state index is 9.48. The molecule has 1 aliphatic heterocycles. The Hall–Kier alpha value is -0.590. The lowest BCUT2D eigenvalue weighted by molar-refractivity contribution is 0.0627. The fourth-order valence-electron chi connectivity index (χ4n) is 1.88. The van der Waals surface area contributed by atoms with Crippen LogP contribution in [-0.2, 0) is 0 Å². The van der Waals surface area contributed by atoms with Crippen molar-refractivity contribution in [1.82, 2.24) is 4.90 Å². The highest BCUT2D eigenvalue weighted by atomic mass is 16.3. The highest BCUT2D eigenvalue weighted by molar-refractivity contribution is 4.88. The summed E-state index contributed by atoms with van der Waals surface area (Å²) in [5.41, 5.74) is 0. The van der Waals surface area contributed by atoms with Gasteiger partial charge in [0.05, 0.1) is 18.1 Å². The highest BCUT2D eigenvalue weighted by Crippen LogP contribution is 2.16. The Morgan fingerprint density at radius 1 is 1.57 bits per heavy atom. The fourth-order valence-corrected chi connectivity index (χ4v) is 1.88. The number of hydrogen-bond acceptors (Lipinski definition) is 3. The number of hydrogen-bond donors (Lipinski definition) is 1. The number of rotatable bonds is 3. The van der Waals surface area contributed by atoms with Gasteiger partial charge in [-0.05, 0) is 25.3 Å². The molecule has 0 saturated carbocycles. The summed E-state index contributed by atoms with van der Waals surface area (Å²) in [5, 5.41) is 18.4. The molecule has 2 atom stereocenters. The first-order valence-corrected chi connectivity index (χ1v) is 5.43. The molecule has 0 radical (unpaired) electrons. The molecule has 3 nitrogen and oxygen atoms in total. The summed E-state index contributed by atoms with van der Waals surface area (Å²) in [7, 11) is 0. The van der Waals surface area contributed by atoms with Gasteiger partial charge in [0.2, 0.25) is 0 Å². The van der Waals surface area contributed by atoms with Crippen LogP contribution in [0.3, 0.4) is 0 Å². The summed E-state index contributed by atoms with van der Waals surface area (Å²) in [5.74, 6) is 0.499. The molecule has 1 N–H and O–H groups in total. The second-order valence-electron chi connectivity index (χ2n) is 4.54. The first-order chi connectivity index (χ1) is 6.63. The minimum Gasteiger partial charge on any atom is -0.392 e. The van der Waals surface area contributed by atoms with Gasteiger partial charge in [-0.3, -0.25) is 4.90 Å². The molecule has 14 heavy (non-hydrogen) atoms. The highest BCUT2D eigenvalue weighted by Gasteiger charge is 2.22. The molecule has 1 saturated heterocycles. The van der Waals surface area contributed by atoms with Gasteiger partial charge < -0.3 is 5.11 Å². The predicted molar refractivity (Wildman–Crippen MR) is 55.6 cm³/mol. The van der Waals surface area contributed by atoms with E-state index in [9.17, 15) is 5.11 Å². The lowest BCUT2D eigenvalue weighted by Crippen LogP contribution is -2.41. The Labute approximate surface area is 86.3 Å². The lowest BCUT2D eigenvalue weighted by Gasteiger charge is -2.32. The van der Waals surface area contributed by atoms with E-state index in [1.54, 1.807) is 0 Å². The van der Waals surface area contributed by atoms with Crippen LogP contribution in [0.25, 0.3) is 0 Å². The van der Waals surface area contributed by atoms with Crippen molar-refractivity contribution in [2.45, 2.75) is 32.8 Å². The van der Waals surface area contributed by atoms with Gasteiger partial charge in [0.25, 0.3) is 0 Å². The molecule has 0 amide bonds. The van der Waals surface area contributed by atoms with Crippen LogP contribution < -0.4 is 0 Å². The third-order valence-electron chi connectivity index (χ3n) is 2.91. The Bertz CT molecular complexity index is 210. The summed E-state index contributed by atoms with van der Waals surface area (Å²) >= 11 is 0. The zero-order valence-corrected chi connectivity index (χ0v) is 9.11. The molecular formula is C11H20N2O. The number of aliphatic hydroxyl groups excluding tert-OH is 1.